The van der Waals surface area contributed by atoms with Crippen LogP contribution < -0.4 is 5.43 Å². The fraction of sp³-hybridized carbons (Fsp3) is 0.0588. The zero-order valence-electron chi connectivity index (χ0n) is 11.6. The van der Waals surface area contributed by atoms with Crippen molar-refractivity contribution in [3.05, 3.63) is 62.7 Å². The number of aromatic hydroxyl groups is 1. The first kappa shape index (κ1) is 14.5. The molecule has 0 unspecified atom stereocenters. The molecule has 0 aliphatic rings. The molecule has 2 aromatic carbocycles. The molecule has 110 valence electrons. The molecule has 0 radical (unpaired) electrons. The van der Waals surface area contributed by atoms with Crippen LogP contribution in [0.4, 0.5) is 0 Å². The highest BCUT2D eigenvalue weighted by molar-refractivity contribution is 9.10. The zero-order chi connectivity index (χ0) is 15.9. The van der Waals surface area contributed by atoms with Gasteiger partial charge in [-0.05, 0) is 31.2 Å². The Morgan fingerprint density at radius 3 is 2.45 bits per heavy atom. The van der Waals surface area contributed by atoms with Crippen LogP contribution in [-0.2, 0) is 0 Å². The predicted molar refractivity (Wildman–Crippen MR) is 87.3 cm³/mol. The van der Waals surface area contributed by atoms with Crippen molar-refractivity contribution in [1.29, 1.82) is 0 Å². The molecule has 0 spiro atoms. The molecule has 22 heavy (non-hydrogen) atoms. The lowest BCUT2D eigenvalue weighted by Crippen LogP contribution is -2.04. The second-order valence-corrected chi connectivity index (χ2v) is 5.79. The molecular weight excluding hydrogens is 348 g/mol. The van der Waals surface area contributed by atoms with Crippen molar-refractivity contribution in [2.24, 2.45) is 0 Å². The molecule has 1 aromatic heterocycles. The Balaban J connectivity index is 2.35. The summed E-state index contributed by atoms with van der Waals surface area (Å²) in [5, 5.41) is 10.1. The van der Waals surface area contributed by atoms with Crippen LogP contribution in [0.2, 0.25) is 0 Å². The number of Topliss-reactive ketones (excluding diaryl/α,β-unsaturated/α-hetero) is 1. The van der Waals surface area contributed by atoms with Crippen LogP contribution in [0.15, 0.2) is 56.1 Å². The number of carbonyl (C=O) groups is 1. The Bertz CT molecular complexity index is 939. The average Bonchev–Trinajstić information content (AvgIpc) is 2.47. The molecule has 4 nitrogen and oxygen atoms in total. The molecule has 0 amide bonds. The van der Waals surface area contributed by atoms with Gasteiger partial charge in [-0.1, -0.05) is 28.1 Å². The van der Waals surface area contributed by atoms with E-state index in [4.69, 9.17) is 4.42 Å². The molecule has 3 rings (SSSR count). The molecule has 1 N–H and O–H groups in total. The Labute approximate surface area is 134 Å². The topological polar surface area (TPSA) is 67.5 Å². The van der Waals surface area contributed by atoms with Crippen LogP contribution in [-0.4, -0.2) is 10.9 Å². The van der Waals surface area contributed by atoms with Crippen LogP contribution in [0.1, 0.15) is 17.3 Å². The van der Waals surface area contributed by atoms with E-state index in [1.165, 1.54) is 25.1 Å². The number of carbonyl (C=O) groups excluding carboxylic acids is 1. The lowest BCUT2D eigenvalue weighted by atomic mass is 10.1. The van der Waals surface area contributed by atoms with E-state index in [1.807, 2.05) is 12.1 Å². The number of phenolic OH excluding ortho intramolecular Hbond substituents is 1. The summed E-state index contributed by atoms with van der Waals surface area (Å²) in [5.74, 6) is -0.214. The molecule has 0 saturated carbocycles. The minimum absolute atomic E-state index is 0.0218. The van der Waals surface area contributed by atoms with Crippen molar-refractivity contribution >= 4 is 32.7 Å². The number of phenols is 1. The largest absolute Gasteiger partial charge is 0.507 e. The Hall–Kier alpha value is -2.40. The predicted octanol–water partition coefficient (Wildman–Crippen LogP) is 4.13. The van der Waals surface area contributed by atoms with Gasteiger partial charge < -0.3 is 9.52 Å². The lowest BCUT2D eigenvalue weighted by molar-refractivity contribution is 0.101. The van der Waals surface area contributed by atoms with E-state index >= 15 is 0 Å². The first-order chi connectivity index (χ1) is 10.5. The maximum Gasteiger partial charge on any atom is 0.193 e. The van der Waals surface area contributed by atoms with Crippen LogP contribution in [0.5, 0.6) is 5.75 Å². The van der Waals surface area contributed by atoms with Gasteiger partial charge >= 0.3 is 0 Å². The number of benzene rings is 2. The maximum absolute atomic E-state index is 12.3. The van der Waals surface area contributed by atoms with E-state index < -0.39 is 0 Å². The van der Waals surface area contributed by atoms with Crippen molar-refractivity contribution in [2.45, 2.75) is 6.92 Å². The lowest BCUT2D eigenvalue weighted by Gasteiger charge is -2.07. The summed E-state index contributed by atoms with van der Waals surface area (Å²) >= 11 is 3.34. The highest BCUT2D eigenvalue weighted by Gasteiger charge is 2.17. The van der Waals surface area contributed by atoms with Crippen molar-refractivity contribution in [2.75, 3.05) is 0 Å². The maximum atomic E-state index is 12.3. The van der Waals surface area contributed by atoms with Gasteiger partial charge in [-0.2, -0.15) is 0 Å². The fourth-order valence-electron chi connectivity index (χ4n) is 2.31. The van der Waals surface area contributed by atoms with Gasteiger partial charge in [0.15, 0.2) is 16.8 Å². The van der Waals surface area contributed by atoms with Crippen molar-refractivity contribution in [3.63, 3.8) is 0 Å². The normalized spacial score (nSPS) is 10.8. The van der Waals surface area contributed by atoms with Crippen molar-refractivity contribution in [1.82, 2.24) is 0 Å². The first-order valence-corrected chi connectivity index (χ1v) is 7.33. The summed E-state index contributed by atoms with van der Waals surface area (Å²) in [6, 6.07) is 11.4. The van der Waals surface area contributed by atoms with Gasteiger partial charge in [0.25, 0.3) is 0 Å². The van der Waals surface area contributed by atoms with E-state index in [0.717, 1.165) is 4.47 Å². The van der Waals surface area contributed by atoms with E-state index in [0.29, 0.717) is 11.3 Å². The van der Waals surface area contributed by atoms with Gasteiger partial charge in [-0.15, -0.1) is 0 Å². The third-order valence-corrected chi connectivity index (χ3v) is 3.88. The molecule has 0 bridgehead atoms. The quantitative estimate of drug-likeness (QED) is 0.699. The number of ketones is 1. The van der Waals surface area contributed by atoms with Gasteiger partial charge in [0.2, 0.25) is 0 Å². The van der Waals surface area contributed by atoms with Crippen LogP contribution in [0, 0.1) is 0 Å². The molecule has 5 heteroatoms. The number of hydrogen-bond donors (Lipinski definition) is 1. The van der Waals surface area contributed by atoms with E-state index in [1.54, 1.807) is 12.1 Å². The average molecular weight is 359 g/mol. The third kappa shape index (κ3) is 2.44. The molecule has 0 aliphatic carbocycles. The SMILES string of the molecule is CC(=O)c1c(O)ccc2c(=O)cc(-c3ccc(Br)cc3)oc12. The van der Waals surface area contributed by atoms with Crippen LogP contribution >= 0.6 is 15.9 Å². The summed E-state index contributed by atoms with van der Waals surface area (Å²) < 4.78 is 6.65. The summed E-state index contributed by atoms with van der Waals surface area (Å²) in [6.07, 6.45) is 0. The number of rotatable bonds is 2. The molecular formula is C17H11BrO4. The van der Waals surface area contributed by atoms with Crippen molar-refractivity contribution in [3.8, 4) is 17.1 Å². The molecule has 1 heterocycles. The summed E-state index contributed by atoms with van der Waals surface area (Å²) in [4.78, 5) is 24.0. The zero-order valence-corrected chi connectivity index (χ0v) is 13.2. The van der Waals surface area contributed by atoms with E-state index in [2.05, 4.69) is 15.9 Å². The third-order valence-electron chi connectivity index (χ3n) is 3.36. The van der Waals surface area contributed by atoms with E-state index in [-0.39, 0.29) is 33.5 Å². The van der Waals surface area contributed by atoms with Gasteiger partial charge in [-0.3, -0.25) is 9.59 Å². The van der Waals surface area contributed by atoms with E-state index in [9.17, 15) is 14.7 Å². The number of halogens is 1. The standard InChI is InChI=1S/C17H11BrO4/c1-9(19)16-13(20)7-6-12-14(21)8-15(22-17(12)16)10-2-4-11(18)5-3-10/h2-8,20H,1H3. The fourth-order valence-corrected chi connectivity index (χ4v) is 2.57. The number of fused-ring (bicyclic) bond motifs is 1. The molecule has 0 fully saturated rings. The number of hydrogen-bond acceptors (Lipinski definition) is 4. The molecule has 0 saturated heterocycles. The van der Waals surface area contributed by atoms with Crippen molar-refractivity contribution < 1.29 is 14.3 Å². The molecule has 0 aliphatic heterocycles. The van der Waals surface area contributed by atoms with Gasteiger partial charge in [0.1, 0.15) is 17.1 Å². The van der Waals surface area contributed by atoms with Gasteiger partial charge in [0.05, 0.1) is 5.39 Å². The monoisotopic (exact) mass is 358 g/mol. The first-order valence-electron chi connectivity index (χ1n) is 6.54. The highest BCUT2D eigenvalue weighted by Crippen LogP contribution is 2.30. The minimum Gasteiger partial charge on any atom is -0.507 e. The molecule has 3 aromatic rings. The minimum atomic E-state index is -0.362. The smallest absolute Gasteiger partial charge is 0.193 e. The Morgan fingerprint density at radius 1 is 1.14 bits per heavy atom. The van der Waals surface area contributed by atoms with Gasteiger partial charge in [-0.25, -0.2) is 0 Å². The summed E-state index contributed by atoms with van der Waals surface area (Å²) in [5.41, 5.74) is 0.577. The van der Waals surface area contributed by atoms with Crippen LogP contribution in [0.25, 0.3) is 22.3 Å². The second kappa shape index (κ2) is 5.42. The summed E-state index contributed by atoms with van der Waals surface area (Å²) in [7, 11) is 0. The Morgan fingerprint density at radius 2 is 1.82 bits per heavy atom. The molecule has 0 atom stereocenters. The highest BCUT2D eigenvalue weighted by atomic mass is 79.9. The van der Waals surface area contributed by atoms with Gasteiger partial charge in [0, 0.05) is 16.1 Å². The summed E-state index contributed by atoms with van der Waals surface area (Å²) in [6.45, 7) is 1.32. The Kier molecular flexibility index (Phi) is 3.58. The second-order valence-electron chi connectivity index (χ2n) is 4.87. The van der Waals surface area contributed by atoms with Crippen LogP contribution in [0.3, 0.4) is 0 Å².